The van der Waals surface area contributed by atoms with Crippen LogP contribution in [0.25, 0.3) is 0 Å². The quantitative estimate of drug-likeness (QED) is 0.0317. The zero-order valence-electron chi connectivity index (χ0n) is 40.0. The van der Waals surface area contributed by atoms with Crippen molar-refractivity contribution in [2.75, 3.05) is 75.2 Å². The molecule has 0 atom stereocenters. The summed E-state index contributed by atoms with van der Waals surface area (Å²) < 4.78 is 17.8. The number of nitrogens with one attached hydrogen (secondary N) is 7. The summed E-state index contributed by atoms with van der Waals surface area (Å²) in [5, 5.41) is 47.2. The minimum Gasteiger partial charge on any atom is -0.508 e. The Morgan fingerprint density at radius 2 is 0.729 bits per heavy atom. The molecule has 0 heterocycles. The second-order valence-electron chi connectivity index (χ2n) is 17.3. The highest BCUT2D eigenvalue weighted by Gasteiger charge is 2.34. The Morgan fingerprint density at radius 1 is 0.414 bits per heavy atom. The first-order valence-corrected chi connectivity index (χ1v) is 22.9. The van der Waals surface area contributed by atoms with Gasteiger partial charge in [0.15, 0.2) is 0 Å². The molecule has 0 spiro atoms. The molecule has 0 saturated carbocycles. The van der Waals surface area contributed by atoms with Crippen molar-refractivity contribution in [1.29, 1.82) is 0 Å². The number of ketones is 1. The number of phenols is 3. The summed E-state index contributed by atoms with van der Waals surface area (Å²) >= 11 is 0. The summed E-state index contributed by atoms with van der Waals surface area (Å²) in [6, 6.07) is 17.7. The van der Waals surface area contributed by atoms with Gasteiger partial charge in [0.2, 0.25) is 41.4 Å². The Morgan fingerprint density at radius 3 is 1.03 bits per heavy atom. The van der Waals surface area contributed by atoms with Crippen LogP contribution >= 0.6 is 0 Å². The molecule has 0 bridgehead atoms. The number of ether oxygens (including phenoxy) is 3. The summed E-state index contributed by atoms with van der Waals surface area (Å²) in [6.45, 7) is 4.30. The maximum atomic E-state index is 13.5. The molecule has 0 aliphatic carbocycles. The lowest BCUT2D eigenvalue weighted by Crippen LogP contribution is -2.58. The van der Waals surface area contributed by atoms with Crippen molar-refractivity contribution < 1.29 is 67.9 Å². The Kier molecular flexibility index (Phi) is 24.9. The average Bonchev–Trinajstić information content (AvgIpc) is 3.30. The molecule has 3 aromatic rings. The van der Waals surface area contributed by atoms with E-state index >= 15 is 0 Å². The lowest BCUT2D eigenvalue weighted by molar-refractivity contribution is -0.131. The Bertz CT molecular complexity index is 1960. The summed E-state index contributed by atoms with van der Waals surface area (Å²) in [7, 11) is 0. The standard InChI is InChI=1S/C49H67N7O14/c1-48(2,3)40(60)5-4-6-47(67)56-49(31-68-28-22-41(61)50-25-19-44(64)53-34-7-13-37(57)14-8-34,32-69-29-23-42(62)51-26-20-45(65)54-35-9-15-38(58)16-10-35)33-70-30-24-43(63)52-27-21-46(66)55-36-11-17-39(59)18-12-36/h7-18,57-59H,4-6,19-33H2,1-3H3,(H,50,61)(H,51,62)(H,52,63)(H,53,64)(H,54,65)(H,55,66)(H,56,67). The van der Waals surface area contributed by atoms with Gasteiger partial charge in [-0.15, -0.1) is 0 Å². The third-order valence-corrected chi connectivity index (χ3v) is 10.1. The van der Waals surface area contributed by atoms with Crippen LogP contribution in [-0.4, -0.2) is 127 Å². The normalized spacial score (nSPS) is 11.2. The number of Topliss-reactive ketones (excluding diaryl/α,β-unsaturated/α-hetero) is 1. The smallest absolute Gasteiger partial charge is 0.226 e. The second kappa shape index (κ2) is 30.4. The molecule has 0 aliphatic heterocycles. The zero-order chi connectivity index (χ0) is 51.4. The number of amides is 7. The number of hydrogen-bond donors (Lipinski definition) is 10. The van der Waals surface area contributed by atoms with Crippen molar-refractivity contribution in [2.45, 2.75) is 84.1 Å². The molecule has 0 fully saturated rings. The predicted molar refractivity (Wildman–Crippen MR) is 259 cm³/mol. The summed E-state index contributed by atoms with van der Waals surface area (Å²) in [6.07, 6.45) is -0.0976. The van der Waals surface area contributed by atoms with Crippen LogP contribution in [0.3, 0.4) is 0 Å². The van der Waals surface area contributed by atoms with E-state index in [1.54, 1.807) is 20.8 Å². The Labute approximate surface area is 407 Å². The molecule has 0 radical (unpaired) electrons. The largest absolute Gasteiger partial charge is 0.508 e. The highest BCUT2D eigenvalue weighted by atomic mass is 16.5. The molecule has 382 valence electrons. The fourth-order valence-corrected chi connectivity index (χ4v) is 6.19. The fourth-order valence-electron chi connectivity index (χ4n) is 6.19. The topological polar surface area (TPSA) is 309 Å². The van der Waals surface area contributed by atoms with E-state index in [4.69, 9.17) is 14.2 Å². The van der Waals surface area contributed by atoms with E-state index < -0.39 is 34.6 Å². The van der Waals surface area contributed by atoms with E-state index in [1.807, 2.05) is 0 Å². The monoisotopic (exact) mass is 977 g/mol. The lowest BCUT2D eigenvalue weighted by atomic mass is 9.88. The molecule has 0 unspecified atom stereocenters. The van der Waals surface area contributed by atoms with Crippen molar-refractivity contribution >= 4 is 64.2 Å². The number of anilines is 3. The van der Waals surface area contributed by atoms with Crippen LogP contribution in [-0.2, 0) is 52.6 Å². The highest BCUT2D eigenvalue weighted by Crippen LogP contribution is 2.20. The SMILES string of the molecule is CC(C)(C)C(=O)CCCC(=O)NC(COCCC(=O)NCCC(=O)Nc1ccc(O)cc1)(COCCC(=O)NCCC(=O)Nc1ccc(O)cc1)COCCC(=O)NCCC(=O)Nc1ccc(O)cc1. The molecular formula is C49H67N7O14. The molecule has 0 saturated heterocycles. The van der Waals surface area contributed by atoms with Gasteiger partial charge in [0.1, 0.15) is 28.6 Å². The molecule has 21 heteroatoms. The Hall–Kier alpha value is -7.10. The molecule has 0 aliphatic rings. The number of aromatic hydroxyl groups is 3. The first-order chi connectivity index (χ1) is 33.3. The van der Waals surface area contributed by atoms with E-state index in [9.17, 15) is 53.7 Å². The molecule has 21 nitrogen and oxygen atoms in total. The summed E-state index contributed by atoms with van der Waals surface area (Å²) in [4.78, 5) is 101. The van der Waals surface area contributed by atoms with Crippen molar-refractivity contribution in [2.24, 2.45) is 5.41 Å². The van der Waals surface area contributed by atoms with Gasteiger partial charge in [0.05, 0.1) is 39.6 Å². The van der Waals surface area contributed by atoms with Crippen molar-refractivity contribution in [3.8, 4) is 17.2 Å². The van der Waals surface area contributed by atoms with Crippen LogP contribution in [0.15, 0.2) is 72.8 Å². The first kappa shape index (κ1) is 57.2. The third kappa shape index (κ3) is 24.8. The second-order valence-corrected chi connectivity index (χ2v) is 17.3. The fraction of sp³-hybridized carbons (Fsp3) is 0.469. The molecule has 0 aromatic heterocycles. The van der Waals surface area contributed by atoms with E-state index in [0.29, 0.717) is 17.1 Å². The van der Waals surface area contributed by atoms with Gasteiger partial charge >= 0.3 is 0 Å². The van der Waals surface area contributed by atoms with Crippen LogP contribution in [0.4, 0.5) is 17.1 Å². The van der Waals surface area contributed by atoms with Gasteiger partial charge < -0.3 is 66.7 Å². The van der Waals surface area contributed by atoms with Crippen molar-refractivity contribution in [3.63, 3.8) is 0 Å². The van der Waals surface area contributed by atoms with Crippen molar-refractivity contribution in [3.05, 3.63) is 72.8 Å². The Balaban J connectivity index is 1.60. The lowest BCUT2D eigenvalue weighted by Gasteiger charge is -2.34. The van der Waals surface area contributed by atoms with E-state index in [2.05, 4.69) is 37.2 Å². The third-order valence-electron chi connectivity index (χ3n) is 10.1. The van der Waals surface area contributed by atoms with Gasteiger partial charge in [0.25, 0.3) is 0 Å². The predicted octanol–water partition coefficient (Wildman–Crippen LogP) is 3.40. The number of rotatable bonds is 32. The minimum absolute atomic E-state index is 0.0229. The molecule has 3 rings (SSSR count). The van der Waals surface area contributed by atoms with Crippen molar-refractivity contribution in [1.82, 2.24) is 21.3 Å². The van der Waals surface area contributed by atoms with Gasteiger partial charge in [-0.25, -0.2) is 0 Å². The maximum Gasteiger partial charge on any atom is 0.226 e. The summed E-state index contributed by atoms with van der Waals surface area (Å²) in [5.74, 6) is -2.68. The average molecular weight is 978 g/mol. The van der Waals surface area contributed by atoms with Crippen LogP contribution < -0.4 is 37.2 Å². The van der Waals surface area contributed by atoms with Gasteiger partial charge in [-0.2, -0.15) is 0 Å². The van der Waals surface area contributed by atoms with Gasteiger partial charge in [-0.05, 0) is 79.2 Å². The number of carbonyl (C=O) groups excluding carboxylic acids is 8. The molecule has 70 heavy (non-hydrogen) atoms. The molecule has 7 amide bonds. The minimum atomic E-state index is -1.43. The van der Waals surface area contributed by atoms with Gasteiger partial charge in [-0.1, -0.05) is 20.8 Å². The molecular weight excluding hydrogens is 911 g/mol. The number of hydrogen-bond acceptors (Lipinski definition) is 14. The maximum absolute atomic E-state index is 13.5. The van der Waals surface area contributed by atoms with Gasteiger partial charge in [-0.3, -0.25) is 38.4 Å². The number of carbonyl (C=O) groups is 8. The van der Waals surface area contributed by atoms with E-state index in [-0.39, 0.29) is 158 Å². The van der Waals surface area contributed by atoms with Crippen LogP contribution in [0.5, 0.6) is 17.2 Å². The summed E-state index contributed by atoms with van der Waals surface area (Å²) in [5.41, 5.74) is -0.595. The van der Waals surface area contributed by atoms with Crippen LogP contribution in [0.2, 0.25) is 0 Å². The van der Waals surface area contributed by atoms with Gasteiger partial charge in [0, 0.05) is 93.5 Å². The number of benzene rings is 3. The van der Waals surface area contributed by atoms with Crippen LogP contribution in [0, 0.1) is 5.41 Å². The zero-order valence-corrected chi connectivity index (χ0v) is 40.0. The highest BCUT2D eigenvalue weighted by molar-refractivity contribution is 5.92. The first-order valence-electron chi connectivity index (χ1n) is 22.9. The van der Waals surface area contributed by atoms with E-state index in [1.165, 1.54) is 72.8 Å². The van der Waals surface area contributed by atoms with E-state index in [0.717, 1.165) is 0 Å². The van der Waals surface area contributed by atoms with Crippen LogP contribution in [0.1, 0.15) is 78.6 Å². The molecule has 10 N–H and O–H groups in total. The number of phenolic OH excluding ortho intramolecular Hbond substituents is 3. The molecule has 3 aromatic carbocycles.